The van der Waals surface area contributed by atoms with Gasteiger partial charge in [0.1, 0.15) is 17.9 Å². The van der Waals surface area contributed by atoms with Crippen molar-refractivity contribution in [3.63, 3.8) is 0 Å². The van der Waals surface area contributed by atoms with E-state index in [1.54, 1.807) is 36.7 Å². The molecule has 0 amide bonds. The van der Waals surface area contributed by atoms with E-state index in [4.69, 9.17) is 15.9 Å². The van der Waals surface area contributed by atoms with E-state index in [0.29, 0.717) is 34.8 Å². The van der Waals surface area contributed by atoms with Crippen molar-refractivity contribution < 1.29 is 22.8 Å². The molecule has 0 bridgehead atoms. The Morgan fingerprint density at radius 1 is 1.27 bits per heavy atom. The van der Waals surface area contributed by atoms with Gasteiger partial charge in [-0.05, 0) is 25.1 Å². The van der Waals surface area contributed by atoms with E-state index < -0.39 is 11.6 Å². The molecular weight excluding hydrogens is 528 g/mol. The molecule has 0 atom stereocenters. The zero-order chi connectivity index (χ0) is 29.2. The van der Waals surface area contributed by atoms with Crippen molar-refractivity contribution in [1.82, 2.24) is 20.3 Å². The summed E-state index contributed by atoms with van der Waals surface area (Å²) in [4.78, 5) is 8.64. The quantitative estimate of drug-likeness (QED) is 0.236. The van der Waals surface area contributed by atoms with E-state index in [-0.39, 0.29) is 11.4 Å². The zero-order valence-electron chi connectivity index (χ0n) is 23.2. The number of hydrogen-bond donors (Lipinski definition) is 2. The van der Waals surface area contributed by atoms with Crippen LogP contribution in [0.4, 0.5) is 26.0 Å². The van der Waals surface area contributed by atoms with Crippen molar-refractivity contribution in [2.24, 2.45) is 5.10 Å². The van der Waals surface area contributed by atoms with Gasteiger partial charge in [0, 0.05) is 37.0 Å². The Labute approximate surface area is 237 Å². The Bertz CT molecular complexity index is 1560. The summed E-state index contributed by atoms with van der Waals surface area (Å²) < 4.78 is 43.5. The maximum Gasteiger partial charge on any atom is 0.248 e. The molecule has 1 aromatic heterocycles. The van der Waals surface area contributed by atoms with Crippen LogP contribution in [-0.4, -0.2) is 65.3 Å². The van der Waals surface area contributed by atoms with Crippen molar-refractivity contribution in [3.8, 4) is 23.8 Å². The minimum absolute atomic E-state index is 0.0948. The van der Waals surface area contributed by atoms with Gasteiger partial charge in [-0.1, -0.05) is 6.92 Å². The number of halogens is 2. The van der Waals surface area contributed by atoms with Gasteiger partial charge in [0.05, 0.1) is 43.3 Å². The Kier molecular flexibility index (Phi) is 9.96. The van der Waals surface area contributed by atoms with E-state index in [1.165, 1.54) is 6.33 Å². The van der Waals surface area contributed by atoms with Crippen LogP contribution in [0.2, 0.25) is 0 Å². The summed E-state index contributed by atoms with van der Waals surface area (Å²) in [6.07, 6.45) is 15.7. The van der Waals surface area contributed by atoms with Gasteiger partial charge in [0.15, 0.2) is 30.1 Å². The van der Waals surface area contributed by atoms with E-state index in [2.05, 4.69) is 36.2 Å². The number of nitrogens with zero attached hydrogens (tertiary/aromatic N) is 5. The SMILES string of the molecule is C#CCC.C/C=N\N1C=CC(Oc2cc(F)c(Nc3ncnc4ccc([N+]5=CCNCC5)c(OC)c34)cc2F)=CC1. The topological polar surface area (TPSA) is 86.9 Å². The van der Waals surface area contributed by atoms with Crippen molar-refractivity contribution in [1.29, 1.82) is 0 Å². The molecule has 2 aromatic carbocycles. The molecule has 0 saturated heterocycles. The third-order valence-electron chi connectivity index (χ3n) is 6.10. The molecule has 0 unspecified atom stereocenters. The Balaban J connectivity index is 0.000000909. The summed E-state index contributed by atoms with van der Waals surface area (Å²) in [7, 11) is 1.56. The zero-order valence-corrected chi connectivity index (χ0v) is 23.2. The van der Waals surface area contributed by atoms with E-state index in [0.717, 1.165) is 43.9 Å². The van der Waals surface area contributed by atoms with Crippen LogP contribution in [0.1, 0.15) is 20.3 Å². The van der Waals surface area contributed by atoms with Crippen molar-refractivity contribution in [2.75, 3.05) is 38.6 Å². The van der Waals surface area contributed by atoms with Gasteiger partial charge in [-0.15, -0.1) is 12.3 Å². The van der Waals surface area contributed by atoms with E-state index in [1.807, 2.05) is 32.2 Å². The Morgan fingerprint density at radius 2 is 2.10 bits per heavy atom. The Morgan fingerprint density at radius 3 is 2.76 bits per heavy atom. The van der Waals surface area contributed by atoms with Crippen LogP contribution < -0.4 is 20.1 Å². The standard InChI is InChI=1S/C26H26F2N7O2.C4H6/c1-3-32-35-10-6-17(7-11-35)37-23-15-18(27)21(14-19(23)28)33-26-24-20(30-16-31-26)4-5-22(25(24)36-2)34-12-8-29-9-13-34;1-3-4-2/h3-7,10,12,14-16,29H,8-9,11,13H2,1-2H3,(H,30,31,33);1H,4H2,2H3/q+1;/b32-3-;. The highest BCUT2D eigenvalue weighted by Gasteiger charge is 2.24. The molecule has 0 radical (unpaired) electrons. The first-order valence-electron chi connectivity index (χ1n) is 13.1. The summed E-state index contributed by atoms with van der Waals surface area (Å²) in [5.74, 6) is 2.00. The minimum atomic E-state index is -0.728. The fourth-order valence-corrected chi connectivity index (χ4v) is 4.16. The first kappa shape index (κ1) is 29.2. The molecule has 0 aliphatic carbocycles. The van der Waals surface area contributed by atoms with Crippen LogP contribution in [0.25, 0.3) is 10.9 Å². The number of benzene rings is 2. The van der Waals surface area contributed by atoms with Gasteiger partial charge in [-0.3, -0.25) is 5.01 Å². The highest BCUT2D eigenvalue weighted by molar-refractivity contribution is 5.98. The normalized spacial score (nSPS) is 14.6. The number of aromatic nitrogens is 2. The molecule has 11 heteroatoms. The smallest absolute Gasteiger partial charge is 0.248 e. The summed E-state index contributed by atoms with van der Waals surface area (Å²) in [5.41, 5.74) is 1.34. The summed E-state index contributed by atoms with van der Waals surface area (Å²) in [6, 6.07) is 5.82. The van der Waals surface area contributed by atoms with Gasteiger partial charge >= 0.3 is 0 Å². The molecule has 5 rings (SSSR count). The van der Waals surface area contributed by atoms with Crippen LogP contribution in [0, 0.1) is 24.0 Å². The average molecular weight is 561 g/mol. The van der Waals surface area contributed by atoms with Crippen LogP contribution in [0.5, 0.6) is 11.5 Å². The summed E-state index contributed by atoms with van der Waals surface area (Å²) in [5, 5.41) is 12.6. The van der Waals surface area contributed by atoms with Crippen molar-refractivity contribution in [3.05, 3.63) is 66.3 Å². The van der Waals surface area contributed by atoms with Crippen LogP contribution in [-0.2, 0) is 0 Å². The van der Waals surface area contributed by atoms with Crippen molar-refractivity contribution in [2.45, 2.75) is 20.3 Å². The number of rotatable bonds is 7. The number of nitrogens with one attached hydrogen (secondary N) is 2. The number of hydrazone groups is 1. The predicted octanol–water partition coefficient (Wildman–Crippen LogP) is 5.11. The van der Waals surface area contributed by atoms with Crippen molar-refractivity contribution >= 4 is 40.5 Å². The highest BCUT2D eigenvalue weighted by Crippen LogP contribution is 2.39. The lowest BCUT2D eigenvalue weighted by Crippen LogP contribution is -2.33. The fourth-order valence-electron chi connectivity index (χ4n) is 4.16. The maximum absolute atomic E-state index is 15.1. The van der Waals surface area contributed by atoms with E-state index in [9.17, 15) is 4.39 Å². The van der Waals surface area contributed by atoms with Gasteiger partial charge in [0.2, 0.25) is 11.4 Å². The molecule has 212 valence electrons. The largest absolute Gasteiger partial charge is 0.490 e. The molecule has 9 nitrogen and oxygen atoms in total. The molecule has 2 N–H and O–H groups in total. The third kappa shape index (κ3) is 7.04. The molecular formula is C30H32F2N7O2+. The number of allylic oxidation sites excluding steroid dienone is 1. The number of terminal acetylenes is 1. The summed E-state index contributed by atoms with van der Waals surface area (Å²) in [6.45, 7) is 6.52. The first-order valence-corrected chi connectivity index (χ1v) is 13.1. The lowest BCUT2D eigenvalue weighted by Gasteiger charge is -2.18. The molecule has 2 aliphatic rings. The second-order valence-corrected chi connectivity index (χ2v) is 8.78. The number of hydrogen-bond acceptors (Lipinski definition) is 8. The van der Waals surface area contributed by atoms with Gasteiger partial charge < -0.3 is 20.1 Å². The molecule has 0 fully saturated rings. The van der Waals surface area contributed by atoms with Crippen LogP contribution in [0.3, 0.4) is 0 Å². The number of anilines is 2. The van der Waals surface area contributed by atoms with Gasteiger partial charge in [-0.2, -0.15) is 9.68 Å². The fraction of sp³-hybridized carbons (Fsp3) is 0.267. The second kappa shape index (κ2) is 14.0. The van der Waals surface area contributed by atoms with Crippen LogP contribution >= 0.6 is 0 Å². The molecule has 0 saturated carbocycles. The molecule has 41 heavy (non-hydrogen) atoms. The molecule has 3 aromatic rings. The number of methoxy groups -OCH3 is 1. The lowest BCUT2D eigenvalue weighted by molar-refractivity contribution is -0.438. The molecule has 0 spiro atoms. The minimum Gasteiger partial charge on any atom is -0.490 e. The number of ether oxygens (including phenoxy) is 2. The lowest BCUT2D eigenvalue weighted by atomic mass is 10.1. The highest BCUT2D eigenvalue weighted by atomic mass is 19.1. The van der Waals surface area contributed by atoms with E-state index >= 15 is 4.39 Å². The third-order valence-corrected chi connectivity index (χ3v) is 6.10. The monoisotopic (exact) mass is 560 g/mol. The molecule has 3 heterocycles. The predicted molar refractivity (Wildman–Crippen MR) is 157 cm³/mol. The van der Waals surface area contributed by atoms with Gasteiger partial charge in [-0.25, -0.2) is 18.7 Å². The number of fused-ring (bicyclic) bond motifs is 1. The van der Waals surface area contributed by atoms with Crippen LogP contribution in [0.15, 0.2) is 59.8 Å². The molecule has 2 aliphatic heterocycles. The average Bonchev–Trinajstić information content (AvgIpc) is 3.00. The Hall–Kier alpha value is -4.82. The maximum atomic E-state index is 15.1. The van der Waals surface area contributed by atoms with Gasteiger partial charge in [0.25, 0.3) is 0 Å². The summed E-state index contributed by atoms with van der Waals surface area (Å²) >= 11 is 0. The first-order chi connectivity index (χ1) is 20.0. The second-order valence-electron chi connectivity index (χ2n) is 8.78.